The highest BCUT2D eigenvalue weighted by Gasteiger charge is 2.38. The summed E-state index contributed by atoms with van der Waals surface area (Å²) in [5.41, 5.74) is 6.62. The molecule has 49 heavy (non-hydrogen) atoms. The van der Waals surface area contributed by atoms with Crippen molar-refractivity contribution in [2.45, 2.75) is 90.1 Å². The quantitative estimate of drug-likeness (QED) is 0.0427. The van der Waals surface area contributed by atoms with E-state index < -0.39 is 26.2 Å². The predicted molar refractivity (Wildman–Crippen MR) is 194 cm³/mol. The lowest BCUT2D eigenvalue weighted by atomic mass is 10.2. The summed E-state index contributed by atoms with van der Waals surface area (Å²) in [5.74, 6) is 0.0450. The molecule has 0 saturated carbocycles. The maximum atomic E-state index is 13.2. The Kier molecular flexibility index (Phi) is 18.5. The Hall–Kier alpha value is -3.16. The number of rotatable bonds is 23. The first-order valence-corrected chi connectivity index (χ1v) is 18.8. The van der Waals surface area contributed by atoms with Crippen molar-refractivity contribution < 1.29 is 28.3 Å². The summed E-state index contributed by atoms with van der Waals surface area (Å²) in [7, 11) is -3.74. The number of aliphatic hydroxyl groups excluding tert-OH is 1. The zero-order chi connectivity index (χ0) is 35.3. The minimum Gasteiger partial charge on any atom is -0.390 e. The van der Waals surface area contributed by atoms with Gasteiger partial charge in [-0.05, 0) is 63.5 Å². The number of halogens is 1. The van der Waals surface area contributed by atoms with Crippen LogP contribution in [0.1, 0.15) is 77.9 Å². The van der Waals surface area contributed by atoms with Crippen molar-refractivity contribution in [1.29, 1.82) is 0 Å². The monoisotopic (exact) mass is 719 g/mol. The second-order valence-corrected chi connectivity index (χ2v) is 13.4. The first-order valence-electron chi connectivity index (χ1n) is 16.9. The number of carbonyl (C=O) groups excluding carboxylic acids is 1. The second kappa shape index (κ2) is 22.5. The van der Waals surface area contributed by atoms with Crippen molar-refractivity contribution in [2.75, 3.05) is 32.0 Å². The fraction of sp³-hybridized carbons (Fsp3) is 0.529. The number of aromatic nitrogens is 4. The van der Waals surface area contributed by atoms with Crippen molar-refractivity contribution >= 4 is 42.2 Å². The second-order valence-electron chi connectivity index (χ2n) is 11.2. The Morgan fingerprint density at radius 2 is 1.69 bits per heavy atom. The molecule has 4 atom stereocenters. The highest BCUT2D eigenvalue weighted by atomic mass is 35.5. The van der Waals surface area contributed by atoms with Gasteiger partial charge < -0.3 is 20.9 Å². The van der Waals surface area contributed by atoms with Crippen molar-refractivity contribution in [3.8, 4) is 0 Å². The molecule has 1 saturated heterocycles. The van der Waals surface area contributed by atoms with Crippen molar-refractivity contribution in [3.63, 3.8) is 0 Å². The minimum absolute atomic E-state index is 0.0357. The van der Waals surface area contributed by atoms with Crippen LogP contribution in [-0.4, -0.2) is 69.0 Å². The lowest BCUT2D eigenvalue weighted by molar-refractivity contribution is -0.121. The fourth-order valence-electron chi connectivity index (χ4n) is 4.86. The average Bonchev–Trinajstić information content (AvgIpc) is 3.67. The number of ether oxygens (including phenoxy) is 1. The van der Waals surface area contributed by atoms with Gasteiger partial charge in [-0.15, -0.1) is 0 Å². The lowest BCUT2D eigenvalue weighted by Crippen LogP contribution is -2.32. The van der Waals surface area contributed by atoms with E-state index in [1.807, 2.05) is 0 Å². The summed E-state index contributed by atoms with van der Waals surface area (Å²) in [6.45, 7) is 4.17. The molecule has 1 amide bonds. The van der Waals surface area contributed by atoms with Gasteiger partial charge in [0, 0.05) is 25.9 Å². The molecule has 0 aromatic carbocycles. The third-order valence-corrected chi connectivity index (χ3v) is 9.20. The number of anilines is 1. The van der Waals surface area contributed by atoms with Crippen LogP contribution in [0.25, 0.3) is 11.2 Å². The number of hydrogen-bond acceptors (Lipinski definition) is 10. The normalized spacial score (nSPS) is 19.9. The number of allylic oxidation sites excluding steroid dienone is 10. The molecule has 2 unspecified atom stereocenters. The number of imidazole rings is 1. The van der Waals surface area contributed by atoms with E-state index >= 15 is 0 Å². The third kappa shape index (κ3) is 14.7. The van der Waals surface area contributed by atoms with Gasteiger partial charge in [-0.1, -0.05) is 67.7 Å². The Morgan fingerprint density at radius 3 is 2.35 bits per heavy atom. The van der Waals surface area contributed by atoms with Crippen LogP contribution in [0, 0.1) is 0 Å². The number of nitrogens with zero attached hydrogens (tertiary/aromatic N) is 4. The van der Waals surface area contributed by atoms with E-state index in [1.54, 1.807) is 11.5 Å². The summed E-state index contributed by atoms with van der Waals surface area (Å²) < 4.78 is 31.8. The highest BCUT2D eigenvalue weighted by Crippen LogP contribution is 2.44. The molecule has 1 aliphatic rings. The third-order valence-electron chi connectivity index (χ3n) is 7.33. The molecule has 5 N–H and O–H groups in total. The van der Waals surface area contributed by atoms with Crippen LogP contribution in [-0.2, 0) is 23.1 Å². The summed E-state index contributed by atoms with van der Waals surface area (Å²) in [4.78, 5) is 24.5. The fourth-order valence-corrected chi connectivity index (χ4v) is 6.36. The smallest absolute Gasteiger partial charge is 0.390 e. The van der Waals surface area contributed by atoms with E-state index in [9.17, 15) is 14.5 Å². The number of aliphatic hydroxyl groups is 1. The number of carbonyl (C=O) groups is 1. The molecule has 13 nitrogen and oxygen atoms in total. The van der Waals surface area contributed by atoms with E-state index in [0.717, 1.165) is 44.9 Å². The van der Waals surface area contributed by atoms with Gasteiger partial charge in [0.15, 0.2) is 11.5 Å². The van der Waals surface area contributed by atoms with Crippen LogP contribution >= 0.6 is 19.3 Å². The first kappa shape index (κ1) is 40.3. The maximum absolute atomic E-state index is 13.2. The lowest BCUT2D eigenvalue weighted by Gasteiger charge is -2.22. The standard InChI is InChI=1S/C34H51ClN7O6P/c1-3-5-6-7-8-9-10-11-12-13-14-15-16-17-18-19-20-21-29(44)37-22-23-39-49(45,46-4-2)47-25-28-27(43)24-30(48-28)42-26-38-31-32(36)40-34(35)41-33(31)42/h5-6,8-9,11-12,14-15,17-18,26-28,30,43H,3-4,7,10,13,16,19-25H2,1-2H3,(H,37,44)(H,39,45)(H2,36,40,41)/b6-5-,9-8-,12-11-,15-14-,18-17-/t27-,28+,30?,49?/m0/s1. The minimum atomic E-state index is -3.74. The summed E-state index contributed by atoms with van der Waals surface area (Å²) >= 11 is 5.96. The number of nitrogens with two attached hydrogens (primary N) is 1. The molecule has 0 spiro atoms. The van der Waals surface area contributed by atoms with Gasteiger partial charge in [0.05, 0.1) is 25.6 Å². The van der Waals surface area contributed by atoms with Crippen molar-refractivity contribution in [3.05, 3.63) is 72.4 Å². The zero-order valence-corrected chi connectivity index (χ0v) is 30.1. The van der Waals surface area contributed by atoms with Gasteiger partial charge in [-0.2, -0.15) is 9.97 Å². The Labute approximate surface area is 294 Å². The first-order chi connectivity index (χ1) is 23.8. The van der Waals surface area contributed by atoms with Gasteiger partial charge in [0.1, 0.15) is 17.8 Å². The topological polar surface area (TPSA) is 176 Å². The molecule has 270 valence electrons. The van der Waals surface area contributed by atoms with Crippen LogP contribution in [0.3, 0.4) is 0 Å². The van der Waals surface area contributed by atoms with Gasteiger partial charge in [0.2, 0.25) is 11.2 Å². The van der Waals surface area contributed by atoms with Crippen molar-refractivity contribution in [1.82, 2.24) is 29.9 Å². The summed E-state index contributed by atoms with van der Waals surface area (Å²) in [6, 6.07) is 0. The van der Waals surface area contributed by atoms with Gasteiger partial charge >= 0.3 is 7.75 Å². The Balaban J connectivity index is 1.27. The van der Waals surface area contributed by atoms with Crippen LogP contribution in [0.4, 0.5) is 5.82 Å². The number of nitrogens with one attached hydrogen (secondary N) is 2. The molecule has 1 aliphatic heterocycles. The number of hydrogen-bond donors (Lipinski definition) is 4. The van der Waals surface area contributed by atoms with Gasteiger partial charge in [0.25, 0.3) is 0 Å². The SMILES string of the molecule is CC/C=C\C/C=C\C/C=C\C/C=C\C/C=C\CCCC(=O)NCCNP(=O)(OCC)OC[C@H]1OC(n2cnc3c(N)nc(Cl)nc32)C[C@@H]1O. The molecule has 15 heteroatoms. The molecular weight excluding hydrogens is 669 g/mol. The molecule has 2 aromatic rings. The molecular formula is C34H51ClN7O6P. The number of unbranched alkanes of at least 4 members (excludes halogenated alkanes) is 1. The van der Waals surface area contributed by atoms with Gasteiger partial charge in [-0.3, -0.25) is 18.4 Å². The number of amides is 1. The van der Waals surface area contributed by atoms with Gasteiger partial charge in [-0.25, -0.2) is 14.6 Å². The largest absolute Gasteiger partial charge is 0.405 e. The molecule has 0 radical (unpaired) electrons. The highest BCUT2D eigenvalue weighted by molar-refractivity contribution is 7.51. The molecule has 1 fully saturated rings. The van der Waals surface area contributed by atoms with E-state index in [2.05, 4.69) is 93.0 Å². The molecule has 0 aliphatic carbocycles. The molecule has 3 heterocycles. The summed E-state index contributed by atoms with van der Waals surface area (Å²) in [5, 5.41) is 16.2. The molecule has 3 rings (SSSR count). The van der Waals surface area contributed by atoms with Crippen LogP contribution < -0.4 is 16.1 Å². The number of fused-ring (bicyclic) bond motifs is 1. The zero-order valence-electron chi connectivity index (χ0n) is 28.5. The molecule has 2 aromatic heterocycles. The Bertz CT molecular complexity index is 1490. The maximum Gasteiger partial charge on any atom is 0.405 e. The van der Waals surface area contributed by atoms with Crippen LogP contribution in [0.15, 0.2) is 67.1 Å². The van der Waals surface area contributed by atoms with E-state index in [0.29, 0.717) is 17.6 Å². The Morgan fingerprint density at radius 1 is 1.04 bits per heavy atom. The van der Waals surface area contributed by atoms with Crippen molar-refractivity contribution in [2.24, 2.45) is 0 Å². The number of nitrogen functional groups attached to an aromatic ring is 1. The van der Waals surface area contributed by atoms with Crippen LogP contribution in [0.2, 0.25) is 5.28 Å². The molecule has 0 bridgehead atoms. The predicted octanol–water partition coefficient (Wildman–Crippen LogP) is 6.50. The summed E-state index contributed by atoms with van der Waals surface area (Å²) in [6.07, 6.45) is 27.7. The van der Waals surface area contributed by atoms with E-state index in [4.69, 9.17) is 31.1 Å². The van der Waals surface area contributed by atoms with E-state index in [1.165, 1.54) is 6.33 Å². The van der Waals surface area contributed by atoms with Crippen LogP contribution in [0.5, 0.6) is 0 Å². The van der Waals surface area contributed by atoms with E-state index in [-0.39, 0.29) is 49.7 Å². The average molecular weight is 720 g/mol.